The molecule has 0 saturated carbocycles. The van der Waals surface area contributed by atoms with Crippen molar-refractivity contribution in [2.24, 2.45) is 5.73 Å². The van der Waals surface area contributed by atoms with Gasteiger partial charge in [0.15, 0.2) is 12.2 Å². The Morgan fingerprint density at radius 3 is 2.16 bits per heavy atom. The van der Waals surface area contributed by atoms with Gasteiger partial charge in [0.1, 0.15) is 12.2 Å². The van der Waals surface area contributed by atoms with Gasteiger partial charge in [-0.2, -0.15) is 0 Å². The summed E-state index contributed by atoms with van der Waals surface area (Å²) in [6, 6.07) is 7.37. The van der Waals surface area contributed by atoms with Gasteiger partial charge >= 0.3 is 23.9 Å². The van der Waals surface area contributed by atoms with E-state index in [1.54, 1.807) is 30.3 Å². The summed E-state index contributed by atoms with van der Waals surface area (Å²) in [5, 5.41) is 5.21. The van der Waals surface area contributed by atoms with Crippen molar-refractivity contribution in [3.63, 3.8) is 0 Å². The number of amides is 3. The van der Waals surface area contributed by atoms with E-state index in [1.807, 2.05) is 0 Å². The monoisotopic (exact) mass is 653 g/mol. The average molecular weight is 654 g/mol. The third-order valence-electron chi connectivity index (χ3n) is 6.40. The molecule has 0 aliphatic carbocycles. The molecule has 0 unspecified atom stereocenters. The molecule has 1 aliphatic heterocycles. The second-order valence-corrected chi connectivity index (χ2v) is 11.5. The third-order valence-corrected chi connectivity index (χ3v) is 7.66. The number of hydrogen-bond donors (Lipinski definition) is 3. The minimum atomic E-state index is -1.92. The second-order valence-electron chi connectivity index (χ2n) is 10.2. The Bertz CT molecular complexity index is 1250. The summed E-state index contributed by atoms with van der Waals surface area (Å²) in [7, 11) is 1.13. The molecule has 0 aromatic heterocycles. The molecule has 45 heavy (non-hydrogen) atoms. The van der Waals surface area contributed by atoms with E-state index in [0.717, 1.165) is 39.6 Å². The van der Waals surface area contributed by atoms with Crippen LogP contribution in [0.3, 0.4) is 0 Å². The number of hydrogen-bond acceptors (Lipinski definition) is 13. The number of carbonyl (C=O) groups excluding carboxylic acids is 7. The average Bonchev–Trinajstić information content (AvgIpc) is 2.94. The minimum absolute atomic E-state index is 0.0304. The van der Waals surface area contributed by atoms with Crippen LogP contribution in [0.25, 0.3) is 0 Å². The zero-order valence-electron chi connectivity index (χ0n) is 25.7. The normalized spacial score (nSPS) is 22.1. The van der Waals surface area contributed by atoms with E-state index in [0.29, 0.717) is 4.90 Å². The maximum absolute atomic E-state index is 13.5. The third kappa shape index (κ3) is 11.7. The van der Waals surface area contributed by atoms with Crippen molar-refractivity contribution in [1.82, 2.24) is 10.6 Å². The Labute approximate surface area is 264 Å². The standard InChI is InChI=1S/C29H39N3O12S/c1-16(33)32-25-21(41-17(2)34)14-29(28(39)40-5,45-20-10-7-6-8-11-20)44-27(25)26(43-19(4)36)22(42-18(3)35)15-31-24(38)13-9-12-23(30)37/h6-8,10-11,21-22,25-27H,9,12-15H2,1-5H3,(H2,30,37)(H,31,38)(H,32,33)/t21-,22+,25+,26+,27+,29+/m0/s1. The van der Waals surface area contributed by atoms with E-state index in [4.69, 9.17) is 29.4 Å². The predicted octanol–water partition coefficient (Wildman–Crippen LogP) is 0.509. The van der Waals surface area contributed by atoms with Crippen LogP contribution in [-0.4, -0.2) is 90.6 Å². The van der Waals surface area contributed by atoms with Crippen LogP contribution in [0, 0.1) is 0 Å². The highest BCUT2D eigenvalue weighted by atomic mass is 32.2. The van der Waals surface area contributed by atoms with Gasteiger partial charge in [-0.25, -0.2) is 4.79 Å². The van der Waals surface area contributed by atoms with Crippen molar-refractivity contribution in [3.8, 4) is 0 Å². The molecule has 0 spiro atoms. The first-order valence-corrected chi connectivity index (χ1v) is 14.8. The summed E-state index contributed by atoms with van der Waals surface area (Å²) in [5.74, 6) is -5.00. The van der Waals surface area contributed by atoms with E-state index in [9.17, 15) is 33.6 Å². The Kier molecular flexibility index (Phi) is 14.3. The van der Waals surface area contributed by atoms with E-state index in [1.165, 1.54) is 6.92 Å². The fraction of sp³-hybridized carbons (Fsp3) is 0.552. The summed E-state index contributed by atoms with van der Waals surface area (Å²) < 4.78 is 28.2. The number of methoxy groups -OCH3 is 1. The molecule has 0 bridgehead atoms. The van der Waals surface area contributed by atoms with Crippen LogP contribution in [0.2, 0.25) is 0 Å². The number of primary amides is 1. The van der Waals surface area contributed by atoms with E-state index in [-0.39, 0.29) is 25.7 Å². The van der Waals surface area contributed by atoms with Gasteiger partial charge in [0, 0.05) is 51.9 Å². The lowest BCUT2D eigenvalue weighted by atomic mass is 9.89. The minimum Gasteiger partial charge on any atom is -0.466 e. The van der Waals surface area contributed by atoms with Crippen molar-refractivity contribution in [2.75, 3.05) is 13.7 Å². The largest absolute Gasteiger partial charge is 0.466 e. The summed E-state index contributed by atoms with van der Waals surface area (Å²) in [4.78, 5) is 85.0. The number of carbonyl (C=O) groups is 7. The molecular formula is C29H39N3O12S. The predicted molar refractivity (Wildman–Crippen MR) is 157 cm³/mol. The van der Waals surface area contributed by atoms with Gasteiger partial charge in [-0.3, -0.25) is 28.8 Å². The Morgan fingerprint density at radius 1 is 0.978 bits per heavy atom. The van der Waals surface area contributed by atoms with Crippen molar-refractivity contribution >= 4 is 53.4 Å². The molecule has 2 rings (SSSR count). The van der Waals surface area contributed by atoms with Crippen molar-refractivity contribution in [2.45, 2.75) is 93.7 Å². The van der Waals surface area contributed by atoms with Crippen LogP contribution in [0.15, 0.2) is 35.2 Å². The van der Waals surface area contributed by atoms with Gasteiger partial charge in [-0.15, -0.1) is 0 Å². The first-order valence-electron chi connectivity index (χ1n) is 14.0. The van der Waals surface area contributed by atoms with Crippen molar-refractivity contribution in [1.29, 1.82) is 0 Å². The summed E-state index contributed by atoms with van der Waals surface area (Å²) in [5.41, 5.74) is 5.13. The molecule has 16 heteroatoms. The summed E-state index contributed by atoms with van der Waals surface area (Å²) >= 11 is 0.935. The van der Waals surface area contributed by atoms with Crippen LogP contribution in [-0.2, 0) is 57.2 Å². The van der Waals surface area contributed by atoms with Crippen molar-refractivity contribution in [3.05, 3.63) is 30.3 Å². The molecule has 1 heterocycles. The molecule has 0 radical (unpaired) electrons. The molecule has 1 aliphatic rings. The fourth-order valence-corrected chi connectivity index (χ4v) is 5.98. The number of nitrogens with one attached hydrogen (secondary N) is 2. The fourth-order valence-electron chi connectivity index (χ4n) is 4.74. The van der Waals surface area contributed by atoms with Crippen LogP contribution < -0.4 is 16.4 Å². The number of esters is 4. The molecule has 1 aromatic rings. The van der Waals surface area contributed by atoms with Gasteiger partial charge in [-0.05, 0) is 18.6 Å². The SMILES string of the molecule is COC(=O)[C@]1(Sc2ccccc2)C[C@H](OC(C)=O)[C@@H](NC(C)=O)[C@H]([C@H](OC(C)=O)[C@@H](CNC(=O)CCCC(N)=O)OC(C)=O)O1. The summed E-state index contributed by atoms with van der Waals surface area (Å²) in [6.45, 7) is 4.09. The molecule has 4 N–H and O–H groups in total. The lowest BCUT2D eigenvalue weighted by Gasteiger charge is -2.48. The van der Waals surface area contributed by atoms with Crippen LogP contribution in [0.1, 0.15) is 53.4 Å². The van der Waals surface area contributed by atoms with E-state index < -0.39 is 83.5 Å². The molecule has 1 saturated heterocycles. The highest BCUT2D eigenvalue weighted by Gasteiger charge is 2.58. The van der Waals surface area contributed by atoms with E-state index >= 15 is 0 Å². The highest BCUT2D eigenvalue weighted by Crippen LogP contribution is 2.45. The molecule has 6 atom stereocenters. The van der Waals surface area contributed by atoms with E-state index in [2.05, 4.69) is 10.6 Å². The van der Waals surface area contributed by atoms with Crippen LogP contribution in [0.5, 0.6) is 0 Å². The quantitative estimate of drug-likeness (QED) is 0.174. The van der Waals surface area contributed by atoms with Crippen LogP contribution >= 0.6 is 11.8 Å². The van der Waals surface area contributed by atoms with Crippen LogP contribution in [0.4, 0.5) is 0 Å². The molecule has 248 valence electrons. The smallest absolute Gasteiger partial charge is 0.349 e. The molecule has 3 amide bonds. The number of ether oxygens (including phenoxy) is 5. The zero-order chi connectivity index (χ0) is 33.7. The number of rotatable bonds is 15. The van der Waals surface area contributed by atoms with Gasteiger partial charge in [0.2, 0.25) is 22.7 Å². The number of nitrogens with two attached hydrogens (primary N) is 1. The summed E-state index contributed by atoms with van der Waals surface area (Å²) in [6.07, 6.45) is -6.02. The van der Waals surface area contributed by atoms with Gasteiger partial charge in [-0.1, -0.05) is 30.0 Å². The Morgan fingerprint density at radius 2 is 1.62 bits per heavy atom. The topological polar surface area (TPSA) is 216 Å². The zero-order valence-corrected chi connectivity index (χ0v) is 26.5. The first-order chi connectivity index (χ1) is 21.2. The van der Waals surface area contributed by atoms with Gasteiger partial charge < -0.3 is 40.1 Å². The number of thioether (sulfide) groups is 1. The maximum atomic E-state index is 13.5. The molecule has 1 aromatic carbocycles. The highest BCUT2D eigenvalue weighted by molar-refractivity contribution is 8.01. The lowest BCUT2D eigenvalue weighted by Crippen LogP contribution is -2.68. The van der Waals surface area contributed by atoms with Gasteiger partial charge in [0.25, 0.3) is 0 Å². The van der Waals surface area contributed by atoms with Gasteiger partial charge in [0.05, 0.1) is 19.7 Å². The first kappa shape index (κ1) is 37.0. The van der Waals surface area contributed by atoms with Crippen molar-refractivity contribution < 1.29 is 57.2 Å². The molecular weight excluding hydrogens is 614 g/mol. The maximum Gasteiger partial charge on any atom is 0.349 e. The second kappa shape index (κ2) is 17.3. The lowest BCUT2D eigenvalue weighted by molar-refractivity contribution is -0.220. The molecule has 15 nitrogen and oxygen atoms in total. The number of benzene rings is 1. The Balaban J connectivity index is 2.66. The molecule has 1 fully saturated rings. The Hall–Kier alpha value is -4.18.